The van der Waals surface area contributed by atoms with Gasteiger partial charge in [-0.25, -0.2) is 13.8 Å². The van der Waals surface area contributed by atoms with Gasteiger partial charge in [0.2, 0.25) is 5.91 Å². The summed E-state index contributed by atoms with van der Waals surface area (Å²) >= 11 is 0. The molecule has 1 aromatic heterocycles. The van der Waals surface area contributed by atoms with E-state index in [1.165, 1.54) is 11.9 Å². The lowest BCUT2D eigenvalue weighted by Crippen LogP contribution is -2.37. The van der Waals surface area contributed by atoms with Gasteiger partial charge in [0.25, 0.3) is 0 Å². The fraction of sp³-hybridized carbons (Fsp3) is 0.571. The average Bonchev–Trinajstić information content (AvgIpc) is 2.46. The van der Waals surface area contributed by atoms with Gasteiger partial charge >= 0.3 is 0 Å². The lowest BCUT2D eigenvalue weighted by molar-refractivity contribution is -0.119. The van der Waals surface area contributed by atoms with Crippen LogP contribution in [0.1, 0.15) is 26.7 Å². The molecule has 0 aromatic carbocycles. The number of nitrogens with zero attached hydrogens (tertiary/aromatic N) is 2. The summed E-state index contributed by atoms with van der Waals surface area (Å²) in [6, 6.07) is 0.798. The molecule has 0 aliphatic carbocycles. The minimum Gasteiger partial charge on any atom is -0.368 e. The van der Waals surface area contributed by atoms with Gasteiger partial charge in [0.15, 0.2) is 23.3 Å². The number of nitrogens with one attached hydrogen (secondary N) is 2. The molecule has 2 N–H and O–H groups in total. The van der Waals surface area contributed by atoms with E-state index >= 15 is 0 Å². The third kappa shape index (κ3) is 4.84. The molecule has 0 atom stereocenters. The largest absolute Gasteiger partial charge is 0.368 e. The van der Waals surface area contributed by atoms with Crippen LogP contribution in [0.3, 0.4) is 0 Å². The maximum Gasteiger partial charge on any atom is 0.239 e. The van der Waals surface area contributed by atoms with Gasteiger partial charge in [-0.1, -0.05) is 13.8 Å². The van der Waals surface area contributed by atoms with Crippen LogP contribution in [0, 0.1) is 11.6 Å². The predicted octanol–water partition coefficient (Wildman–Crippen LogP) is 2.14. The number of hydrogen-bond acceptors (Lipinski definition) is 4. The molecule has 0 bridgehead atoms. The van der Waals surface area contributed by atoms with E-state index in [-0.39, 0.29) is 24.1 Å². The van der Waals surface area contributed by atoms with Gasteiger partial charge in [-0.15, -0.1) is 0 Å². The molecular weight excluding hydrogens is 278 g/mol. The molecule has 1 amide bonds. The zero-order valence-corrected chi connectivity index (χ0v) is 12.7. The first-order valence-electron chi connectivity index (χ1n) is 7.08. The number of carbonyl (C=O) groups excluding carboxylic acids is 1. The SMILES string of the molecule is CCCNc1nc(N(CCC)CC(=O)NC)c(F)cc1F. The first-order chi connectivity index (χ1) is 10.0. The van der Waals surface area contributed by atoms with E-state index in [0.29, 0.717) is 19.5 Å². The molecule has 0 aliphatic rings. The van der Waals surface area contributed by atoms with Crippen molar-refractivity contribution in [3.05, 3.63) is 17.7 Å². The Morgan fingerprint density at radius 1 is 1.29 bits per heavy atom. The third-order valence-electron chi connectivity index (χ3n) is 2.86. The summed E-state index contributed by atoms with van der Waals surface area (Å²) in [6.45, 7) is 4.82. The van der Waals surface area contributed by atoms with Gasteiger partial charge < -0.3 is 15.5 Å². The van der Waals surface area contributed by atoms with E-state index in [4.69, 9.17) is 0 Å². The maximum absolute atomic E-state index is 14.0. The molecule has 0 spiro atoms. The summed E-state index contributed by atoms with van der Waals surface area (Å²) in [5.41, 5.74) is 0. The van der Waals surface area contributed by atoms with Crippen molar-refractivity contribution >= 4 is 17.5 Å². The fourth-order valence-electron chi connectivity index (χ4n) is 1.83. The zero-order chi connectivity index (χ0) is 15.8. The maximum atomic E-state index is 14.0. The van der Waals surface area contributed by atoms with Crippen molar-refractivity contribution in [1.82, 2.24) is 10.3 Å². The average molecular weight is 300 g/mol. The Bertz CT molecular complexity index is 482. The van der Waals surface area contributed by atoms with Crippen LogP contribution in [0.4, 0.5) is 20.4 Å². The number of rotatable bonds is 8. The van der Waals surface area contributed by atoms with E-state index in [1.54, 1.807) is 0 Å². The molecule has 0 radical (unpaired) electrons. The fourth-order valence-corrected chi connectivity index (χ4v) is 1.83. The molecular formula is C14H22F2N4O. The molecule has 0 fully saturated rings. The summed E-state index contributed by atoms with van der Waals surface area (Å²) in [5.74, 6) is -1.77. The molecule has 21 heavy (non-hydrogen) atoms. The van der Waals surface area contributed by atoms with E-state index in [1.807, 2.05) is 13.8 Å². The number of carbonyl (C=O) groups is 1. The molecule has 1 aromatic rings. The molecule has 118 valence electrons. The van der Waals surface area contributed by atoms with E-state index in [9.17, 15) is 13.6 Å². The first kappa shape index (κ1) is 17.1. The number of hydrogen-bond donors (Lipinski definition) is 2. The summed E-state index contributed by atoms with van der Waals surface area (Å²) in [4.78, 5) is 17.0. The summed E-state index contributed by atoms with van der Waals surface area (Å²) < 4.78 is 27.6. The van der Waals surface area contributed by atoms with Crippen molar-refractivity contribution < 1.29 is 13.6 Å². The van der Waals surface area contributed by atoms with Crippen molar-refractivity contribution in [2.45, 2.75) is 26.7 Å². The number of halogens is 2. The molecule has 1 heterocycles. The molecule has 7 heteroatoms. The number of anilines is 2. The topological polar surface area (TPSA) is 57.3 Å². The van der Waals surface area contributed by atoms with Crippen molar-refractivity contribution in [3.63, 3.8) is 0 Å². The van der Waals surface area contributed by atoms with Crippen LogP contribution >= 0.6 is 0 Å². The Morgan fingerprint density at radius 3 is 2.57 bits per heavy atom. The van der Waals surface area contributed by atoms with Crippen LogP contribution in [0.5, 0.6) is 0 Å². The second-order valence-electron chi connectivity index (χ2n) is 4.65. The minimum absolute atomic E-state index is 0.00580. The first-order valence-corrected chi connectivity index (χ1v) is 7.08. The summed E-state index contributed by atoms with van der Waals surface area (Å²) in [7, 11) is 1.51. The molecule has 0 saturated carbocycles. The molecule has 5 nitrogen and oxygen atoms in total. The highest BCUT2D eigenvalue weighted by Gasteiger charge is 2.19. The molecule has 1 rings (SSSR count). The van der Waals surface area contributed by atoms with Gasteiger partial charge in [0.05, 0.1) is 6.54 Å². The minimum atomic E-state index is -0.771. The van der Waals surface area contributed by atoms with Gasteiger partial charge in [-0.2, -0.15) is 0 Å². The highest BCUT2D eigenvalue weighted by molar-refractivity contribution is 5.80. The number of amides is 1. The van der Waals surface area contributed by atoms with Crippen LogP contribution < -0.4 is 15.5 Å². The van der Waals surface area contributed by atoms with Gasteiger partial charge in [-0.05, 0) is 12.8 Å². The Hall–Kier alpha value is -1.92. The second-order valence-corrected chi connectivity index (χ2v) is 4.65. The molecule has 0 saturated heterocycles. The molecule has 0 aliphatic heterocycles. The number of aromatic nitrogens is 1. The van der Waals surface area contributed by atoms with E-state index in [0.717, 1.165) is 12.5 Å². The van der Waals surface area contributed by atoms with Crippen molar-refractivity contribution in [1.29, 1.82) is 0 Å². The monoisotopic (exact) mass is 300 g/mol. The lowest BCUT2D eigenvalue weighted by atomic mass is 10.3. The second kappa shape index (κ2) is 8.39. The summed E-state index contributed by atoms with van der Waals surface area (Å²) in [6.07, 6.45) is 1.51. The highest BCUT2D eigenvalue weighted by atomic mass is 19.1. The van der Waals surface area contributed by atoms with Gasteiger partial charge in [0, 0.05) is 26.2 Å². The Balaban J connectivity index is 3.07. The normalized spacial score (nSPS) is 10.3. The van der Waals surface area contributed by atoms with Crippen LogP contribution in [0.15, 0.2) is 6.07 Å². The van der Waals surface area contributed by atoms with Crippen molar-refractivity contribution in [2.24, 2.45) is 0 Å². The Labute approximate surface area is 123 Å². The quantitative estimate of drug-likeness (QED) is 0.772. The third-order valence-corrected chi connectivity index (χ3v) is 2.86. The Morgan fingerprint density at radius 2 is 2.00 bits per heavy atom. The van der Waals surface area contributed by atoms with Gasteiger partial charge in [0.1, 0.15) is 0 Å². The zero-order valence-electron chi connectivity index (χ0n) is 12.7. The van der Waals surface area contributed by atoms with E-state index < -0.39 is 11.6 Å². The van der Waals surface area contributed by atoms with Crippen LogP contribution in [0.25, 0.3) is 0 Å². The van der Waals surface area contributed by atoms with E-state index in [2.05, 4.69) is 15.6 Å². The molecule has 0 unspecified atom stereocenters. The number of pyridine rings is 1. The van der Waals surface area contributed by atoms with Crippen molar-refractivity contribution in [3.8, 4) is 0 Å². The van der Waals surface area contributed by atoms with Gasteiger partial charge in [-0.3, -0.25) is 4.79 Å². The van der Waals surface area contributed by atoms with Crippen LogP contribution in [-0.4, -0.2) is 37.6 Å². The Kier molecular flexibility index (Phi) is 6.84. The number of likely N-dealkylation sites (N-methyl/N-ethyl adjacent to an activating group) is 1. The lowest BCUT2D eigenvalue weighted by Gasteiger charge is -2.23. The smallest absolute Gasteiger partial charge is 0.239 e. The standard InChI is InChI=1S/C14H22F2N4O/c1-4-6-18-13-10(15)8-11(16)14(19-13)20(7-5-2)9-12(21)17-3/h8H,4-7,9H2,1-3H3,(H,17,21)(H,18,19). The van der Waals surface area contributed by atoms with Crippen LogP contribution in [-0.2, 0) is 4.79 Å². The summed E-state index contributed by atoms with van der Waals surface area (Å²) in [5, 5.41) is 5.30. The van der Waals surface area contributed by atoms with Crippen LogP contribution in [0.2, 0.25) is 0 Å². The van der Waals surface area contributed by atoms with Crippen molar-refractivity contribution in [2.75, 3.05) is 36.9 Å². The highest BCUT2D eigenvalue weighted by Crippen LogP contribution is 2.22. The predicted molar refractivity (Wildman–Crippen MR) is 79.5 cm³/mol.